The van der Waals surface area contributed by atoms with Gasteiger partial charge >= 0.3 is 12.4 Å². The maximum atomic E-state index is 13.4. The SMILES string of the molecule is O=C(NC(=O)c1ccc2c(N=Nc3ccc(C(=O)c4ccc(N=Nc5c(O)ccc6cc(CO/N=C/ONc7cccc(Cl)c7)ccc56)cc4)cc3)c(O)ccc2c1)Nc1cccc(OC(F)(F)F)c1. The van der Waals surface area contributed by atoms with Crippen molar-refractivity contribution >= 4 is 91.4 Å². The summed E-state index contributed by atoms with van der Waals surface area (Å²) >= 11 is 5.96. The van der Waals surface area contributed by atoms with Crippen LogP contribution in [0.5, 0.6) is 17.2 Å². The van der Waals surface area contributed by atoms with Crippen molar-refractivity contribution in [2.75, 3.05) is 10.8 Å². The number of benzene rings is 8. The molecule has 0 aromatic heterocycles. The lowest BCUT2D eigenvalue weighted by atomic mass is 10.0. The van der Waals surface area contributed by atoms with Crippen LogP contribution < -0.4 is 20.9 Å². The van der Waals surface area contributed by atoms with Gasteiger partial charge in [0.05, 0.1) is 17.1 Å². The number of urea groups is 1. The third kappa shape index (κ3) is 12.1. The Kier molecular flexibility index (Phi) is 14.2. The van der Waals surface area contributed by atoms with E-state index >= 15 is 0 Å². The summed E-state index contributed by atoms with van der Waals surface area (Å²) in [4.78, 5) is 49.2. The fourth-order valence-corrected chi connectivity index (χ4v) is 6.94. The summed E-state index contributed by atoms with van der Waals surface area (Å²) in [6.07, 6.45) is -3.82. The predicted octanol–water partition coefficient (Wildman–Crippen LogP) is 13.5. The first-order chi connectivity index (χ1) is 33.7. The Morgan fingerprint density at radius 1 is 0.629 bits per heavy atom. The number of hydrogen-bond acceptors (Lipinski definition) is 14. The van der Waals surface area contributed by atoms with Crippen molar-refractivity contribution in [3.05, 3.63) is 185 Å². The number of alkyl halides is 3. The molecule has 0 aliphatic heterocycles. The van der Waals surface area contributed by atoms with Gasteiger partial charge < -0.3 is 29.9 Å². The maximum absolute atomic E-state index is 13.4. The Morgan fingerprint density at radius 3 is 1.84 bits per heavy atom. The van der Waals surface area contributed by atoms with Crippen LogP contribution in [0.3, 0.4) is 0 Å². The fraction of sp³-hybridized carbons (Fsp3) is 0.0400. The van der Waals surface area contributed by atoms with Crippen molar-refractivity contribution in [2.24, 2.45) is 25.6 Å². The smallest absolute Gasteiger partial charge is 0.506 e. The second-order valence-corrected chi connectivity index (χ2v) is 15.3. The van der Waals surface area contributed by atoms with E-state index in [-0.39, 0.29) is 46.5 Å². The summed E-state index contributed by atoms with van der Waals surface area (Å²) in [5.74, 6) is -1.93. The minimum Gasteiger partial charge on any atom is -0.506 e. The van der Waals surface area contributed by atoms with Crippen molar-refractivity contribution in [1.82, 2.24) is 5.32 Å². The van der Waals surface area contributed by atoms with Crippen LogP contribution in [0.25, 0.3) is 21.5 Å². The number of carbonyl (C=O) groups is 3. The Bertz CT molecular complexity index is 3350. The zero-order valence-electron chi connectivity index (χ0n) is 35.9. The molecule has 0 aliphatic rings. The molecule has 0 bridgehead atoms. The van der Waals surface area contributed by atoms with Gasteiger partial charge in [0.1, 0.15) is 35.2 Å². The van der Waals surface area contributed by atoms with E-state index in [2.05, 4.69) is 46.5 Å². The number of phenols is 2. The zero-order valence-corrected chi connectivity index (χ0v) is 36.6. The van der Waals surface area contributed by atoms with E-state index < -0.39 is 24.1 Å². The van der Waals surface area contributed by atoms with Crippen LogP contribution in [0.4, 0.5) is 52.1 Å². The number of ketones is 1. The third-order valence-corrected chi connectivity index (χ3v) is 10.2. The summed E-state index contributed by atoms with van der Waals surface area (Å²) in [6, 6.07) is 39.2. The van der Waals surface area contributed by atoms with Crippen molar-refractivity contribution < 1.29 is 52.2 Å². The molecule has 0 fully saturated rings. The van der Waals surface area contributed by atoms with E-state index in [1.807, 2.05) is 6.07 Å². The van der Waals surface area contributed by atoms with Crippen LogP contribution in [-0.4, -0.2) is 40.7 Å². The standard InChI is InChI=1S/C50H34ClF3N8O8/c51-35-3-1-5-39(25-35)62-69-28-55-68-27-29-7-19-41-32(23-29)13-21-43(63)45(41)60-58-36-15-8-30(9-16-36)47(65)31-10-17-37(18-11-31)59-61-46-42-20-12-34(24-33(42)14-22-44(46)64)48(66)57-49(67)56-38-4-2-6-40(26-38)70-50(52,53)54/h1-26,28,62-64H,27H2,(H2,56,57,66,67)/b55-28+,60-58?,61-59?. The van der Waals surface area contributed by atoms with E-state index in [1.165, 1.54) is 48.5 Å². The normalized spacial score (nSPS) is 11.6. The molecular formula is C50H34ClF3N8O8. The number of phenolic OH excluding ortho intramolecular Hbond substituents is 2. The molecule has 0 spiro atoms. The Morgan fingerprint density at radius 2 is 1.21 bits per heavy atom. The van der Waals surface area contributed by atoms with Crippen LogP contribution >= 0.6 is 11.6 Å². The van der Waals surface area contributed by atoms with E-state index in [1.54, 1.807) is 91.0 Å². The first-order valence-corrected chi connectivity index (χ1v) is 21.0. The number of carbonyl (C=O) groups excluding carboxylic acids is 3. The number of rotatable bonds is 15. The Hall–Kier alpha value is -9.36. The summed E-state index contributed by atoms with van der Waals surface area (Å²) in [6.45, 7) is 0.144. The zero-order chi connectivity index (χ0) is 49.2. The molecule has 8 rings (SSSR count). The molecule has 70 heavy (non-hydrogen) atoms. The van der Waals surface area contributed by atoms with Crippen LogP contribution in [0.2, 0.25) is 5.02 Å². The van der Waals surface area contributed by atoms with Crippen molar-refractivity contribution in [3.8, 4) is 17.2 Å². The molecule has 0 unspecified atom stereocenters. The molecule has 3 amide bonds. The molecule has 0 aliphatic carbocycles. The summed E-state index contributed by atoms with van der Waals surface area (Å²) in [5, 5.41) is 49.4. The van der Waals surface area contributed by atoms with Gasteiger partial charge in [-0.2, -0.15) is 10.2 Å². The van der Waals surface area contributed by atoms with Crippen molar-refractivity contribution in [2.45, 2.75) is 13.0 Å². The molecule has 8 aromatic carbocycles. The monoisotopic (exact) mass is 966 g/mol. The average molecular weight is 967 g/mol. The largest absolute Gasteiger partial charge is 0.573 e. The molecule has 0 saturated carbocycles. The van der Waals surface area contributed by atoms with Gasteiger partial charge in [-0.05, 0) is 126 Å². The van der Waals surface area contributed by atoms with E-state index in [0.29, 0.717) is 49.4 Å². The van der Waals surface area contributed by atoms with Gasteiger partial charge in [0.15, 0.2) is 5.78 Å². The number of hydrogen-bond donors (Lipinski definition) is 5. The first kappa shape index (κ1) is 47.1. The highest BCUT2D eigenvalue weighted by molar-refractivity contribution is 6.30. The summed E-state index contributed by atoms with van der Waals surface area (Å²) in [5.41, 5.74) is 6.01. The van der Waals surface area contributed by atoms with Gasteiger partial charge in [0, 0.05) is 44.2 Å². The molecule has 16 nitrogen and oxygen atoms in total. The van der Waals surface area contributed by atoms with Crippen molar-refractivity contribution in [1.29, 1.82) is 0 Å². The second kappa shape index (κ2) is 21.1. The average Bonchev–Trinajstić information content (AvgIpc) is 3.34. The minimum absolute atomic E-state index is 0.0511. The van der Waals surface area contributed by atoms with Gasteiger partial charge in [-0.1, -0.05) is 59.2 Å². The highest BCUT2D eigenvalue weighted by Crippen LogP contribution is 2.38. The maximum Gasteiger partial charge on any atom is 0.573 e. The second-order valence-electron chi connectivity index (χ2n) is 14.9. The first-order valence-electron chi connectivity index (χ1n) is 20.6. The number of anilines is 2. The third-order valence-electron chi connectivity index (χ3n) is 10.0. The van der Waals surface area contributed by atoms with Gasteiger partial charge in [0.2, 0.25) is 6.40 Å². The van der Waals surface area contributed by atoms with E-state index in [4.69, 9.17) is 21.3 Å². The molecule has 5 N–H and O–H groups in total. The number of nitrogens with zero attached hydrogens (tertiary/aromatic N) is 5. The molecule has 350 valence electrons. The highest BCUT2D eigenvalue weighted by atomic mass is 35.5. The number of amides is 3. The molecule has 20 heteroatoms. The fourth-order valence-electron chi connectivity index (χ4n) is 6.75. The molecule has 8 aromatic rings. The number of halogens is 4. The molecule has 0 radical (unpaired) electrons. The van der Waals surface area contributed by atoms with Crippen LogP contribution in [0.15, 0.2) is 183 Å². The molecule has 0 heterocycles. The van der Waals surface area contributed by atoms with Crippen molar-refractivity contribution in [3.63, 3.8) is 0 Å². The number of fused-ring (bicyclic) bond motifs is 2. The number of azo groups is 2. The van der Waals surface area contributed by atoms with Gasteiger partial charge in [0.25, 0.3) is 5.91 Å². The summed E-state index contributed by atoms with van der Waals surface area (Å²) < 4.78 is 41.6. The minimum atomic E-state index is -4.93. The van der Waals surface area contributed by atoms with E-state index in [0.717, 1.165) is 29.5 Å². The predicted molar refractivity (Wildman–Crippen MR) is 255 cm³/mol. The molecular weight excluding hydrogens is 933 g/mol. The number of imide groups is 1. The van der Waals surface area contributed by atoms with Gasteiger partial charge in [-0.15, -0.1) is 23.4 Å². The topological polar surface area (TPSA) is 217 Å². The van der Waals surface area contributed by atoms with Crippen LogP contribution in [0, 0.1) is 0 Å². The van der Waals surface area contributed by atoms with E-state index in [9.17, 15) is 37.8 Å². The van der Waals surface area contributed by atoms with Crippen LogP contribution in [-0.2, 0) is 16.3 Å². The van der Waals surface area contributed by atoms with Gasteiger partial charge in [-0.3, -0.25) is 14.9 Å². The lowest BCUT2D eigenvalue weighted by Crippen LogP contribution is -2.34. The molecule has 0 saturated heterocycles. The number of aromatic hydroxyl groups is 2. The Balaban J connectivity index is 0.857. The number of ether oxygens (including phenoxy) is 1. The number of oxime groups is 1. The quantitative estimate of drug-likeness (QED) is 0.0217. The highest BCUT2D eigenvalue weighted by Gasteiger charge is 2.31. The number of nitrogens with one attached hydrogen (secondary N) is 3. The Labute approximate surface area is 399 Å². The van der Waals surface area contributed by atoms with Gasteiger partial charge in [-0.25, -0.2) is 10.3 Å². The van der Waals surface area contributed by atoms with Crippen LogP contribution in [0.1, 0.15) is 31.8 Å². The lowest BCUT2D eigenvalue weighted by molar-refractivity contribution is -0.274. The lowest BCUT2D eigenvalue weighted by Gasteiger charge is -2.11. The molecule has 0 atom stereocenters. The summed E-state index contributed by atoms with van der Waals surface area (Å²) in [7, 11) is 0.